The largest absolute Gasteiger partial charge is 1.00 e. The third-order valence-electron chi connectivity index (χ3n) is 10.6. The van der Waals surface area contributed by atoms with Crippen molar-refractivity contribution in [3.63, 3.8) is 0 Å². The van der Waals surface area contributed by atoms with Crippen LogP contribution in [0, 0.1) is 5.92 Å². The van der Waals surface area contributed by atoms with Gasteiger partial charge in [-0.05, 0) is 0 Å². The van der Waals surface area contributed by atoms with Gasteiger partial charge in [0.15, 0.2) is 0 Å². The molecule has 0 heterocycles. The molecule has 2 aliphatic carbocycles. The third kappa shape index (κ3) is 9.21. The number of fused-ring (bicyclic) bond motifs is 2. The zero-order valence-electron chi connectivity index (χ0n) is 32.0. The fraction of sp³-hybridized carbons (Fsp3) is 0.391. The molecule has 4 aromatic rings. The Labute approximate surface area is 329 Å². The second-order valence-electron chi connectivity index (χ2n) is 15.7. The minimum Gasteiger partial charge on any atom is -1.00 e. The van der Waals surface area contributed by atoms with E-state index in [2.05, 4.69) is 158 Å². The van der Waals surface area contributed by atoms with Crippen LogP contribution >= 0.6 is 0 Å². The smallest absolute Gasteiger partial charge is 1.00 e. The van der Waals surface area contributed by atoms with Crippen LogP contribution in [0.2, 0.25) is 13.1 Å². The second kappa shape index (κ2) is 18.4. The van der Waals surface area contributed by atoms with Gasteiger partial charge in [0.05, 0.1) is 0 Å². The van der Waals surface area contributed by atoms with Gasteiger partial charge in [-0.25, -0.2) is 0 Å². The van der Waals surface area contributed by atoms with Crippen LogP contribution < -0.4 is 24.8 Å². The Kier molecular flexibility index (Phi) is 15.0. The molecule has 0 aliphatic heterocycles. The van der Waals surface area contributed by atoms with E-state index in [9.17, 15) is 0 Å². The van der Waals surface area contributed by atoms with Crippen molar-refractivity contribution in [2.45, 2.75) is 99.6 Å². The Morgan fingerprint density at radius 2 is 1.25 bits per heavy atom. The molecule has 2 unspecified atom stereocenters. The number of halogens is 2. The topological polar surface area (TPSA) is 9.23 Å². The van der Waals surface area contributed by atoms with Gasteiger partial charge in [-0.15, -0.1) is 0 Å². The zero-order chi connectivity index (χ0) is 34.7. The van der Waals surface area contributed by atoms with Gasteiger partial charge in [0.1, 0.15) is 0 Å². The summed E-state index contributed by atoms with van der Waals surface area (Å²) in [4.78, 5) is 0. The molecule has 268 valence electrons. The molecule has 2 aliphatic rings. The summed E-state index contributed by atoms with van der Waals surface area (Å²) >= 11 is -2.27. The second-order valence-corrected chi connectivity index (χ2v) is 33.6. The summed E-state index contributed by atoms with van der Waals surface area (Å²) < 4.78 is 7.28. The summed E-state index contributed by atoms with van der Waals surface area (Å²) in [5.74, 6) is 0.542. The molecule has 0 amide bonds. The van der Waals surface area contributed by atoms with E-state index in [1.54, 1.807) is 33.4 Å². The van der Waals surface area contributed by atoms with Crippen molar-refractivity contribution in [3.05, 3.63) is 130 Å². The average Bonchev–Trinajstić information content (AvgIpc) is 3.60. The van der Waals surface area contributed by atoms with Crippen LogP contribution in [0.4, 0.5) is 0 Å². The number of hydrogen-bond donors (Lipinski definition) is 0. The number of hydrogen-bond acceptors (Lipinski definition) is 1. The van der Waals surface area contributed by atoms with E-state index < -0.39 is 25.8 Å². The first-order chi connectivity index (χ1) is 23.6. The van der Waals surface area contributed by atoms with Gasteiger partial charge < -0.3 is 24.8 Å². The number of allylic oxidation sites excluding steroid dienone is 3. The SMILES string of the molecule is CC1=C(CCCCCCOC(C)(C)C)c2c(-c3ccccc3)cccc2[CH]1[Zr+2]([CH]1C(C(C)C)=Cc2c(-c3ccccc3)cccc21)=[Si](C)C.[Cl-].[Cl-]. The summed E-state index contributed by atoms with van der Waals surface area (Å²) in [5, 5.41) is 0. The van der Waals surface area contributed by atoms with Gasteiger partial charge >= 0.3 is 307 Å². The molecule has 0 bridgehead atoms. The maximum Gasteiger partial charge on any atom is -1.00 e. The Morgan fingerprint density at radius 3 is 1.84 bits per heavy atom. The molecular weight excluding hydrogens is 759 g/mol. The van der Waals surface area contributed by atoms with Gasteiger partial charge in [0.2, 0.25) is 0 Å². The first kappa shape index (κ1) is 41.8. The molecule has 5 heteroatoms. The Balaban J connectivity index is 0.00000292. The Bertz CT molecular complexity index is 1880. The van der Waals surface area contributed by atoms with Crippen LogP contribution in [0.5, 0.6) is 0 Å². The molecule has 0 fully saturated rings. The zero-order valence-corrected chi connectivity index (χ0v) is 36.9. The summed E-state index contributed by atoms with van der Waals surface area (Å²) in [7, 11) is 0. The molecular formula is C46H56Cl2OSiZr. The molecule has 0 N–H and O–H groups in total. The van der Waals surface area contributed by atoms with Crippen molar-refractivity contribution < 1.29 is 49.9 Å². The summed E-state index contributed by atoms with van der Waals surface area (Å²) in [5.41, 5.74) is 16.4. The van der Waals surface area contributed by atoms with E-state index in [0.29, 0.717) is 13.2 Å². The predicted molar refractivity (Wildman–Crippen MR) is 211 cm³/mol. The Morgan fingerprint density at radius 1 is 0.686 bits per heavy atom. The van der Waals surface area contributed by atoms with Crippen LogP contribution in [0.1, 0.15) is 103 Å². The van der Waals surface area contributed by atoms with E-state index in [0.717, 1.165) is 13.0 Å². The number of rotatable bonds is 12. The molecule has 51 heavy (non-hydrogen) atoms. The fourth-order valence-corrected chi connectivity index (χ4v) is 29.3. The van der Waals surface area contributed by atoms with E-state index in [4.69, 9.17) is 4.74 Å². The van der Waals surface area contributed by atoms with Crippen LogP contribution in [-0.4, -0.2) is 17.6 Å². The molecule has 0 saturated heterocycles. The Hall–Kier alpha value is -2.00. The summed E-state index contributed by atoms with van der Waals surface area (Å²) in [6, 6.07) is 36.8. The molecule has 0 radical (unpaired) electrons. The quantitative estimate of drug-likeness (QED) is 0.108. The molecule has 0 spiro atoms. The van der Waals surface area contributed by atoms with Crippen molar-refractivity contribution >= 4 is 17.1 Å². The van der Waals surface area contributed by atoms with Gasteiger partial charge in [-0.3, -0.25) is 0 Å². The molecule has 0 saturated carbocycles. The third-order valence-corrected chi connectivity index (χ3v) is 30.2. The van der Waals surface area contributed by atoms with Gasteiger partial charge in [-0.1, -0.05) is 0 Å². The van der Waals surface area contributed by atoms with Crippen molar-refractivity contribution in [2.75, 3.05) is 6.61 Å². The number of unbranched alkanes of at least 4 members (excludes halogenated alkanes) is 3. The normalized spacial score (nSPS) is 16.1. The maximum atomic E-state index is 6.03. The van der Waals surface area contributed by atoms with E-state index >= 15 is 0 Å². The van der Waals surface area contributed by atoms with Crippen LogP contribution in [-0.2, 0) is 25.1 Å². The molecule has 1 nitrogen and oxygen atoms in total. The van der Waals surface area contributed by atoms with Gasteiger partial charge in [0.25, 0.3) is 0 Å². The van der Waals surface area contributed by atoms with E-state index in [1.807, 2.05) is 0 Å². The monoisotopic (exact) mass is 812 g/mol. The summed E-state index contributed by atoms with van der Waals surface area (Å²) in [6.07, 6.45) is 8.71. The van der Waals surface area contributed by atoms with Crippen molar-refractivity contribution in [1.29, 1.82) is 0 Å². The average molecular weight is 815 g/mol. The number of ether oxygens (including phenoxy) is 1. The van der Waals surface area contributed by atoms with Crippen LogP contribution in [0.25, 0.3) is 33.9 Å². The maximum absolute atomic E-state index is 6.03. The fourth-order valence-electron chi connectivity index (χ4n) is 8.36. The number of benzene rings is 4. The van der Waals surface area contributed by atoms with Gasteiger partial charge in [0, 0.05) is 0 Å². The molecule has 6 rings (SSSR count). The molecule has 0 aromatic heterocycles. The van der Waals surface area contributed by atoms with E-state index in [-0.39, 0.29) is 30.4 Å². The summed E-state index contributed by atoms with van der Waals surface area (Å²) in [6.45, 7) is 20.1. The van der Waals surface area contributed by atoms with Crippen molar-refractivity contribution in [2.24, 2.45) is 5.92 Å². The first-order valence-corrected chi connectivity index (χ1v) is 27.7. The van der Waals surface area contributed by atoms with Crippen molar-refractivity contribution in [1.82, 2.24) is 0 Å². The van der Waals surface area contributed by atoms with Crippen LogP contribution in [0.3, 0.4) is 0 Å². The first-order valence-electron chi connectivity index (χ1n) is 18.7. The van der Waals surface area contributed by atoms with E-state index in [1.165, 1.54) is 53.5 Å². The predicted octanol–water partition coefficient (Wildman–Crippen LogP) is 7.29. The molecule has 2 atom stereocenters. The standard InChI is InChI=1S/C26H33O.C18H17.C2H6Si.2ClH.Zr/c1-20-19-22-15-12-17-24(21-13-8-7-9-14-21)25(22)23(20)16-10-5-6-11-18-27-26(2,3)4;1-13(2)16-11-15-9-6-10-17(18(15)12-16)14-7-4-3-5-8-14;1-3-2;;;/h7-9,12-15,17,19H,5-6,10-11,16,18H2,1-4H3;3-13H,1-2H3;1-2H3;2*1H;/q;;;;;+2/p-2. The minimum absolute atomic E-state index is 0. The van der Waals surface area contributed by atoms with Crippen molar-refractivity contribution in [3.8, 4) is 22.3 Å². The molecule has 4 aromatic carbocycles. The van der Waals surface area contributed by atoms with Crippen LogP contribution in [0.15, 0.2) is 108 Å². The minimum atomic E-state index is -2.27. The van der Waals surface area contributed by atoms with Gasteiger partial charge in [-0.2, -0.15) is 0 Å².